The van der Waals surface area contributed by atoms with E-state index in [1.807, 2.05) is 31.2 Å². The lowest BCUT2D eigenvalue weighted by molar-refractivity contribution is -0.137. The highest BCUT2D eigenvalue weighted by Gasteiger charge is 2.06. The Bertz CT molecular complexity index is 387. The van der Waals surface area contributed by atoms with Crippen molar-refractivity contribution in [2.45, 2.75) is 13.3 Å². The van der Waals surface area contributed by atoms with E-state index in [1.54, 1.807) is 0 Å². The van der Waals surface area contributed by atoms with Gasteiger partial charge in [0.2, 0.25) is 0 Å². The molecule has 5 nitrogen and oxygen atoms in total. The van der Waals surface area contributed by atoms with Gasteiger partial charge in [-0.05, 0) is 31.0 Å². The van der Waals surface area contributed by atoms with Crippen molar-refractivity contribution >= 4 is 11.8 Å². The molecule has 2 amide bonds. The van der Waals surface area contributed by atoms with Gasteiger partial charge in [-0.15, -0.1) is 0 Å². The first-order valence-corrected chi connectivity index (χ1v) is 5.43. The molecule has 1 aromatic carbocycles. The van der Waals surface area contributed by atoms with Crippen molar-refractivity contribution in [2.24, 2.45) is 5.73 Å². The standard InChI is InChI=1S/C12H16N2O3/c1-2-17-10-5-3-9(4-6-10)7-8-14-12(16)11(13)15/h3-6H,2,7-8H2,1H3,(H2,13,15)(H,14,16). The molecule has 0 saturated carbocycles. The van der Waals surface area contributed by atoms with Gasteiger partial charge in [0.05, 0.1) is 6.61 Å². The molecule has 0 radical (unpaired) electrons. The first-order chi connectivity index (χ1) is 8.13. The Hall–Kier alpha value is -2.04. The zero-order valence-electron chi connectivity index (χ0n) is 9.73. The second-order valence-electron chi connectivity index (χ2n) is 3.45. The molecule has 17 heavy (non-hydrogen) atoms. The summed E-state index contributed by atoms with van der Waals surface area (Å²) in [6, 6.07) is 7.58. The Labute approximate surface area is 99.9 Å². The Morgan fingerprint density at radius 1 is 1.29 bits per heavy atom. The van der Waals surface area contributed by atoms with Gasteiger partial charge in [-0.1, -0.05) is 12.1 Å². The molecule has 3 N–H and O–H groups in total. The van der Waals surface area contributed by atoms with Crippen LogP contribution < -0.4 is 15.8 Å². The number of ether oxygens (including phenoxy) is 1. The Kier molecular flexibility index (Phi) is 5.00. The fourth-order valence-corrected chi connectivity index (χ4v) is 1.33. The summed E-state index contributed by atoms with van der Waals surface area (Å²) >= 11 is 0. The lowest BCUT2D eigenvalue weighted by atomic mass is 10.1. The maximum Gasteiger partial charge on any atom is 0.309 e. The maximum absolute atomic E-state index is 10.9. The monoisotopic (exact) mass is 236 g/mol. The van der Waals surface area contributed by atoms with Gasteiger partial charge in [-0.2, -0.15) is 0 Å². The van der Waals surface area contributed by atoms with Crippen LogP contribution in [-0.2, 0) is 16.0 Å². The largest absolute Gasteiger partial charge is 0.494 e. The van der Waals surface area contributed by atoms with Crippen LogP contribution in [0, 0.1) is 0 Å². The topological polar surface area (TPSA) is 81.4 Å². The first kappa shape index (κ1) is 13.0. The van der Waals surface area contributed by atoms with E-state index < -0.39 is 11.8 Å². The fraction of sp³-hybridized carbons (Fsp3) is 0.333. The zero-order chi connectivity index (χ0) is 12.7. The molecule has 5 heteroatoms. The number of primary amides is 1. The molecular formula is C12H16N2O3. The molecule has 0 aromatic heterocycles. The van der Waals surface area contributed by atoms with Crippen molar-refractivity contribution in [1.29, 1.82) is 0 Å². The van der Waals surface area contributed by atoms with E-state index in [9.17, 15) is 9.59 Å². The zero-order valence-corrected chi connectivity index (χ0v) is 9.73. The normalized spacial score (nSPS) is 9.71. The summed E-state index contributed by atoms with van der Waals surface area (Å²) in [6.07, 6.45) is 0.644. The highest BCUT2D eigenvalue weighted by atomic mass is 16.5. The quantitative estimate of drug-likeness (QED) is 0.718. The van der Waals surface area contributed by atoms with Gasteiger partial charge in [0.1, 0.15) is 5.75 Å². The average molecular weight is 236 g/mol. The molecular weight excluding hydrogens is 220 g/mol. The SMILES string of the molecule is CCOc1ccc(CCNC(=O)C(N)=O)cc1. The lowest BCUT2D eigenvalue weighted by Crippen LogP contribution is -2.37. The summed E-state index contributed by atoms with van der Waals surface area (Å²) in [6.45, 7) is 2.94. The van der Waals surface area contributed by atoms with Gasteiger partial charge in [-0.25, -0.2) is 0 Å². The summed E-state index contributed by atoms with van der Waals surface area (Å²) in [5.41, 5.74) is 5.86. The minimum atomic E-state index is -0.961. The minimum Gasteiger partial charge on any atom is -0.494 e. The number of amides is 2. The molecule has 0 aliphatic heterocycles. The highest BCUT2D eigenvalue weighted by molar-refractivity contribution is 6.34. The van der Waals surface area contributed by atoms with Crippen LogP contribution in [-0.4, -0.2) is 25.0 Å². The van der Waals surface area contributed by atoms with E-state index in [1.165, 1.54) is 0 Å². The second kappa shape index (κ2) is 6.52. The van der Waals surface area contributed by atoms with Gasteiger partial charge in [-0.3, -0.25) is 9.59 Å². The minimum absolute atomic E-state index is 0.385. The van der Waals surface area contributed by atoms with Crippen LogP contribution in [0.5, 0.6) is 5.75 Å². The number of hydrogen-bond donors (Lipinski definition) is 2. The molecule has 0 spiro atoms. The van der Waals surface area contributed by atoms with Crippen molar-refractivity contribution in [3.63, 3.8) is 0 Å². The van der Waals surface area contributed by atoms with E-state index >= 15 is 0 Å². The van der Waals surface area contributed by atoms with Crippen molar-refractivity contribution in [1.82, 2.24) is 5.32 Å². The third-order valence-corrected chi connectivity index (χ3v) is 2.16. The molecule has 0 bridgehead atoms. The molecule has 0 aliphatic rings. The second-order valence-corrected chi connectivity index (χ2v) is 3.45. The number of hydrogen-bond acceptors (Lipinski definition) is 3. The highest BCUT2D eigenvalue weighted by Crippen LogP contribution is 2.12. The van der Waals surface area contributed by atoms with Crippen LogP contribution >= 0.6 is 0 Å². The molecule has 0 atom stereocenters. The van der Waals surface area contributed by atoms with Crippen LogP contribution in [0.25, 0.3) is 0 Å². The van der Waals surface area contributed by atoms with Crippen molar-refractivity contribution in [3.05, 3.63) is 29.8 Å². The van der Waals surface area contributed by atoms with Crippen LogP contribution in [0.1, 0.15) is 12.5 Å². The Morgan fingerprint density at radius 2 is 1.94 bits per heavy atom. The number of carbonyl (C=O) groups is 2. The summed E-state index contributed by atoms with van der Waals surface area (Å²) < 4.78 is 5.30. The van der Waals surface area contributed by atoms with E-state index in [0.717, 1.165) is 11.3 Å². The number of carbonyl (C=O) groups excluding carboxylic acids is 2. The van der Waals surface area contributed by atoms with Gasteiger partial charge < -0.3 is 15.8 Å². The molecule has 1 rings (SSSR count). The lowest BCUT2D eigenvalue weighted by Gasteiger charge is -2.05. The summed E-state index contributed by atoms with van der Waals surface area (Å²) in [7, 11) is 0. The average Bonchev–Trinajstić information content (AvgIpc) is 2.31. The van der Waals surface area contributed by atoms with Crippen LogP contribution in [0.3, 0.4) is 0 Å². The van der Waals surface area contributed by atoms with Gasteiger partial charge in [0, 0.05) is 6.54 Å². The molecule has 0 fully saturated rings. The molecule has 0 heterocycles. The van der Waals surface area contributed by atoms with Gasteiger partial charge in [0.15, 0.2) is 0 Å². The number of benzene rings is 1. The number of nitrogens with two attached hydrogens (primary N) is 1. The smallest absolute Gasteiger partial charge is 0.309 e. The molecule has 0 unspecified atom stereocenters. The number of rotatable bonds is 5. The van der Waals surface area contributed by atoms with Crippen molar-refractivity contribution < 1.29 is 14.3 Å². The number of nitrogens with one attached hydrogen (secondary N) is 1. The summed E-state index contributed by atoms with van der Waals surface area (Å²) in [5, 5.41) is 2.43. The Balaban J connectivity index is 2.37. The molecule has 0 saturated heterocycles. The Morgan fingerprint density at radius 3 is 2.47 bits per heavy atom. The fourth-order valence-electron chi connectivity index (χ4n) is 1.33. The molecule has 1 aromatic rings. The van der Waals surface area contributed by atoms with Crippen LogP contribution in [0.2, 0.25) is 0 Å². The van der Waals surface area contributed by atoms with Crippen molar-refractivity contribution in [3.8, 4) is 5.75 Å². The van der Waals surface area contributed by atoms with E-state index in [2.05, 4.69) is 5.32 Å². The van der Waals surface area contributed by atoms with Crippen LogP contribution in [0.15, 0.2) is 24.3 Å². The molecule has 92 valence electrons. The predicted octanol–water partition coefficient (Wildman–Crippen LogP) is 0.229. The predicted molar refractivity (Wildman–Crippen MR) is 63.5 cm³/mol. The third-order valence-electron chi connectivity index (χ3n) is 2.16. The maximum atomic E-state index is 10.9. The molecule has 0 aliphatic carbocycles. The third kappa shape index (κ3) is 4.55. The van der Waals surface area contributed by atoms with Crippen molar-refractivity contribution in [2.75, 3.05) is 13.2 Å². The summed E-state index contributed by atoms with van der Waals surface area (Å²) in [4.78, 5) is 21.3. The van der Waals surface area contributed by atoms with E-state index in [-0.39, 0.29) is 0 Å². The van der Waals surface area contributed by atoms with Gasteiger partial charge >= 0.3 is 11.8 Å². The van der Waals surface area contributed by atoms with E-state index in [0.29, 0.717) is 19.6 Å². The first-order valence-electron chi connectivity index (χ1n) is 5.43. The van der Waals surface area contributed by atoms with Crippen LogP contribution in [0.4, 0.5) is 0 Å². The van der Waals surface area contributed by atoms with E-state index in [4.69, 9.17) is 10.5 Å². The summed E-state index contributed by atoms with van der Waals surface area (Å²) in [5.74, 6) is -0.898. The van der Waals surface area contributed by atoms with Gasteiger partial charge in [0.25, 0.3) is 0 Å².